The normalized spacial score (nSPS) is 18.2. The molecule has 1 aromatic carbocycles. The van der Waals surface area contributed by atoms with Crippen molar-refractivity contribution in [2.75, 3.05) is 7.11 Å². The molecule has 0 bridgehead atoms. The molecule has 31 heavy (non-hydrogen) atoms. The van der Waals surface area contributed by atoms with E-state index in [0.717, 1.165) is 5.56 Å². The van der Waals surface area contributed by atoms with Crippen molar-refractivity contribution >= 4 is 17.7 Å². The van der Waals surface area contributed by atoms with E-state index in [2.05, 4.69) is 25.6 Å². The van der Waals surface area contributed by atoms with Gasteiger partial charge in [-0.1, -0.05) is 5.21 Å². The molecule has 1 saturated heterocycles. The molecule has 3 aromatic rings. The van der Waals surface area contributed by atoms with Gasteiger partial charge in [-0.05, 0) is 30.2 Å². The Morgan fingerprint density at radius 3 is 2.87 bits per heavy atom. The van der Waals surface area contributed by atoms with Gasteiger partial charge in [0, 0.05) is 30.8 Å². The molecule has 1 unspecified atom stereocenters. The van der Waals surface area contributed by atoms with Crippen LogP contribution in [0.3, 0.4) is 0 Å². The monoisotopic (exact) mass is 419 g/mol. The lowest BCUT2D eigenvalue weighted by atomic mass is 10.0. The predicted octanol–water partition coefficient (Wildman–Crippen LogP) is 0.494. The lowest BCUT2D eigenvalue weighted by Gasteiger charge is -2.29. The molecule has 5 rings (SSSR count). The minimum atomic E-state index is -0.649. The highest BCUT2D eigenvalue weighted by atomic mass is 16.5. The summed E-state index contributed by atoms with van der Waals surface area (Å²) in [5.41, 5.74) is 2.49. The Morgan fingerprint density at radius 1 is 1.19 bits per heavy atom. The number of hydrogen-bond acceptors (Lipinski definition) is 8. The van der Waals surface area contributed by atoms with E-state index in [9.17, 15) is 14.4 Å². The number of rotatable bonds is 4. The van der Waals surface area contributed by atoms with E-state index >= 15 is 0 Å². The second kappa shape index (κ2) is 7.27. The lowest BCUT2D eigenvalue weighted by Crippen LogP contribution is -2.52. The van der Waals surface area contributed by atoms with Gasteiger partial charge in [0.05, 0.1) is 19.0 Å². The zero-order valence-corrected chi connectivity index (χ0v) is 16.5. The minimum Gasteiger partial charge on any atom is -0.481 e. The van der Waals surface area contributed by atoms with Crippen molar-refractivity contribution in [1.82, 2.24) is 35.2 Å². The van der Waals surface area contributed by atoms with Crippen LogP contribution in [0, 0.1) is 0 Å². The summed E-state index contributed by atoms with van der Waals surface area (Å²) in [5, 5.41) is 10.6. The molecule has 3 amide bonds. The van der Waals surface area contributed by atoms with E-state index in [-0.39, 0.29) is 24.8 Å². The highest BCUT2D eigenvalue weighted by Gasteiger charge is 2.39. The summed E-state index contributed by atoms with van der Waals surface area (Å²) in [5.74, 6) is -0.165. The molecular weight excluding hydrogens is 402 g/mol. The third-order valence-corrected chi connectivity index (χ3v) is 5.33. The number of nitrogens with one attached hydrogen (secondary N) is 1. The Morgan fingerprint density at radius 2 is 2.06 bits per heavy atom. The Hall–Kier alpha value is -4.15. The van der Waals surface area contributed by atoms with E-state index in [4.69, 9.17) is 4.74 Å². The van der Waals surface area contributed by atoms with Crippen molar-refractivity contribution < 1.29 is 19.1 Å². The number of fused-ring (bicyclic) bond motifs is 1. The first-order valence-electron chi connectivity index (χ1n) is 9.61. The van der Waals surface area contributed by atoms with Gasteiger partial charge >= 0.3 is 0 Å². The van der Waals surface area contributed by atoms with Crippen LogP contribution in [0.1, 0.15) is 28.8 Å². The van der Waals surface area contributed by atoms with Gasteiger partial charge in [-0.3, -0.25) is 19.7 Å². The van der Waals surface area contributed by atoms with E-state index < -0.39 is 11.9 Å². The van der Waals surface area contributed by atoms with Crippen molar-refractivity contribution in [3.05, 3.63) is 47.8 Å². The second-order valence-corrected chi connectivity index (χ2v) is 7.21. The number of methoxy groups -OCH3 is 1. The van der Waals surface area contributed by atoms with Gasteiger partial charge < -0.3 is 9.64 Å². The number of piperidine rings is 1. The van der Waals surface area contributed by atoms with E-state index in [1.54, 1.807) is 35.3 Å². The van der Waals surface area contributed by atoms with Crippen LogP contribution in [0.25, 0.3) is 17.2 Å². The van der Waals surface area contributed by atoms with E-state index in [0.29, 0.717) is 35.1 Å². The molecule has 0 spiro atoms. The molecule has 2 aliphatic rings. The van der Waals surface area contributed by atoms with Crippen molar-refractivity contribution in [2.45, 2.75) is 25.4 Å². The van der Waals surface area contributed by atoms with Gasteiger partial charge in [0.25, 0.3) is 5.91 Å². The molecule has 2 aromatic heterocycles. The number of ether oxygens (including phenoxy) is 1. The third-order valence-electron chi connectivity index (χ3n) is 5.33. The maximum atomic E-state index is 12.8. The Kier molecular flexibility index (Phi) is 4.42. The van der Waals surface area contributed by atoms with Crippen molar-refractivity contribution in [1.29, 1.82) is 0 Å². The van der Waals surface area contributed by atoms with Crippen LogP contribution in [-0.4, -0.2) is 60.7 Å². The summed E-state index contributed by atoms with van der Waals surface area (Å²) in [6.07, 6.45) is 3.80. The smallest absolute Gasteiger partial charge is 0.255 e. The first kappa shape index (κ1) is 18.9. The number of carbonyl (C=O) groups is 3. The largest absolute Gasteiger partial charge is 0.481 e. The molecular formula is C20H17N7O4. The molecule has 1 atom stereocenters. The Labute approximate surface area is 176 Å². The van der Waals surface area contributed by atoms with Crippen molar-refractivity contribution in [3.63, 3.8) is 0 Å². The van der Waals surface area contributed by atoms with Crippen molar-refractivity contribution in [3.8, 4) is 23.1 Å². The molecule has 1 N–H and O–H groups in total. The van der Waals surface area contributed by atoms with Crippen LogP contribution in [0.5, 0.6) is 5.88 Å². The molecule has 11 heteroatoms. The number of nitrogens with zero attached hydrogens (tertiary/aromatic N) is 6. The van der Waals surface area contributed by atoms with Gasteiger partial charge in [0.15, 0.2) is 11.5 Å². The number of benzene rings is 1. The quantitative estimate of drug-likeness (QED) is 0.605. The van der Waals surface area contributed by atoms with Crippen LogP contribution in [0.4, 0.5) is 0 Å². The van der Waals surface area contributed by atoms with Gasteiger partial charge in [-0.25, -0.2) is 9.67 Å². The summed E-state index contributed by atoms with van der Waals surface area (Å²) in [4.78, 5) is 46.4. The van der Waals surface area contributed by atoms with Crippen LogP contribution in [-0.2, 0) is 16.1 Å². The first-order valence-corrected chi connectivity index (χ1v) is 9.61. The fourth-order valence-electron chi connectivity index (χ4n) is 3.78. The Balaban J connectivity index is 1.40. The molecule has 156 valence electrons. The zero-order valence-electron chi connectivity index (χ0n) is 16.5. The number of amides is 3. The molecule has 0 radical (unpaired) electrons. The maximum absolute atomic E-state index is 12.8. The van der Waals surface area contributed by atoms with E-state index in [1.807, 2.05) is 6.07 Å². The standard InChI is InChI=1S/C20H17N7O4/c1-31-17-6-7-21-18(23-17)14-10-27(25-24-14)12-2-3-13-11(8-12)9-26(20(13)30)15-4-5-16(28)22-19(15)29/h2-3,6-8,10,15H,4-5,9H2,1H3,(H,22,28,29). The summed E-state index contributed by atoms with van der Waals surface area (Å²) in [6, 6.07) is 6.30. The number of carbonyl (C=O) groups excluding carboxylic acids is 3. The van der Waals surface area contributed by atoms with Crippen molar-refractivity contribution in [2.24, 2.45) is 0 Å². The number of imide groups is 1. The number of hydrogen-bond donors (Lipinski definition) is 1. The number of aromatic nitrogens is 5. The molecule has 1 fully saturated rings. The molecule has 0 saturated carbocycles. The fourth-order valence-corrected chi connectivity index (χ4v) is 3.78. The summed E-state index contributed by atoms with van der Waals surface area (Å²) >= 11 is 0. The first-order chi connectivity index (χ1) is 15.0. The third kappa shape index (κ3) is 3.29. The average Bonchev–Trinajstić information content (AvgIpc) is 3.39. The van der Waals surface area contributed by atoms with Crippen LogP contribution < -0.4 is 10.1 Å². The Bertz CT molecular complexity index is 1220. The predicted molar refractivity (Wildman–Crippen MR) is 105 cm³/mol. The molecule has 11 nitrogen and oxygen atoms in total. The average molecular weight is 419 g/mol. The SMILES string of the molecule is COc1ccnc(-c2cn(-c3ccc4c(c3)CN(C3CCC(=O)NC3=O)C4=O)nn2)n1. The maximum Gasteiger partial charge on any atom is 0.255 e. The summed E-state index contributed by atoms with van der Waals surface area (Å²) in [7, 11) is 1.52. The molecule has 4 heterocycles. The highest BCUT2D eigenvalue weighted by molar-refractivity contribution is 6.05. The summed E-state index contributed by atoms with van der Waals surface area (Å²) in [6.45, 7) is 0.287. The topological polar surface area (TPSA) is 132 Å². The highest BCUT2D eigenvalue weighted by Crippen LogP contribution is 2.29. The van der Waals surface area contributed by atoms with Gasteiger partial charge in [-0.15, -0.1) is 5.10 Å². The van der Waals surface area contributed by atoms with Crippen LogP contribution in [0.15, 0.2) is 36.7 Å². The van der Waals surface area contributed by atoms with Crippen LogP contribution >= 0.6 is 0 Å². The minimum absolute atomic E-state index is 0.218. The van der Waals surface area contributed by atoms with E-state index in [1.165, 1.54) is 12.0 Å². The second-order valence-electron chi connectivity index (χ2n) is 7.21. The van der Waals surface area contributed by atoms with Gasteiger partial charge in [-0.2, -0.15) is 4.98 Å². The van der Waals surface area contributed by atoms with Crippen LogP contribution in [0.2, 0.25) is 0 Å². The zero-order chi connectivity index (χ0) is 21.5. The molecule has 2 aliphatic heterocycles. The molecule has 0 aliphatic carbocycles. The van der Waals surface area contributed by atoms with Gasteiger partial charge in [0.2, 0.25) is 17.7 Å². The summed E-state index contributed by atoms with van der Waals surface area (Å²) < 4.78 is 6.68. The lowest BCUT2D eigenvalue weighted by molar-refractivity contribution is -0.136. The van der Waals surface area contributed by atoms with Gasteiger partial charge in [0.1, 0.15) is 6.04 Å². The fraction of sp³-hybridized carbons (Fsp3) is 0.250.